The van der Waals surface area contributed by atoms with Crippen molar-refractivity contribution < 1.29 is 0 Å². The Balaban J connectivity index is 2.09. The van der Waals surface area contributed by atoms with E-state index in [2.05, 4.69) is 79.0 Å². The number of anilines is 1. The molecule has 1 aromatic rings. The van der Waals surface area contributed by atoms with E-state index in [4.69, 9.17) is 0 Å². The maximum absolute atomic E-state index is 3.75. The lowest BCUT2D eigenvalue weighted by Crippen LogP contribution is -2.35. The highest BCUT2D eigenvalue weighted by Gasteiger charge is 2.29. The van der Waals surface area contributed by atoms with Crippen LogP contribution in [0.5, 0.6) is 0 Å². The van der Waals surface area contributed by atoms with Crippen LogP contribution in [0.15, 0.2) is 22.7 Å². The van der Waals surface area contributed by atoms with Crippen molar-refractivity contribution in [2.45, 2.75) is 65.6 Å². The smallest absolute Gasteiger partial charge is 0.0380 e. The third kappa shape index (κ3) is 5.30. The van der Waals surface area contributed by atoms with Crippen molar-refractivity contribution in [3.63, 3.8) is 0 Å². The van der Waals surface area contributed by atoms with E-state index in [1.807, 2.05) is 0 Å². The highest BCUT2D eigenvalue weighted by atomic mass is 79.9. The molecule has 0 unspecified atom stereocenters. The molecule has 0 radical (unpaired) electrons. The van der Waals surface area contributed by atoms with Gasteiger partial charge < -0.3 is 10.2 Å². The molecule has 0 atom stereocenters. The molecular weight excluding hydrogens is 324 g/mol. The van der Waals surface area contributed by atoms with Gasteiger partial charge >= 0.3 is 0 Å². The molecule has 1 saturated carbocycles. The first-order valence-corrected chi connectivity index (χ1v) is 8.85. The van der Waals surface area contributed by atoms with Gasteiger partial charge in [0.25, 0.3) is 0 Å². The number of halogens is 1. The van der Waals surface area contributed by atoms with Crippen molar-refractivity contribution in [3.05, 3.63) is 28.2 Å². The third-order valence-corrected chi connectivity index (χ3v) is 4.47. The summed E-state index contributed by atoms with van der Waals surface area (Å²) in [7, 11) is 0. The molecule has 2 rings (SSSR count). The molecule has 1 fully saturated rings. The highest BCUT2D eigenvalue weighted by Crippen LogP contribution is 2.34. The van der Waals surface area contributed by atoms with Gasteiger partial charge in [-0.3, -0.25) is 0 Å². The summed E-state index contributed by atoms with van der Waals surface area (Å²) in [4.78, 5) is 2.58. The van der Waals surface area contributed by atoms with E-state index < -0.39 is 0 Å². The molecule has 0 amide bonds. The molecule has 1 N–H and O–H groups in total. The summed E-state index contributed by atoms with van der Waals surface area (Å²) in [6.45, 7) is 13.2. The lowest BCUT2D eigenvalue weighted by Gasteiger charge is -2.27. The normalized spacial score (nSPS) is 15.6. The zero-order valence-electron chi connectivity index (χ0n) is 14.0. The molecule has 0 spiro atoms. The van der Waals surface area contributed by atoms with Gasteiger partial charge in [0.15, 0.2) is 0 Å². The average molecular weight is 353 g/mol. The van der Waals surface area contributed by atoms with Gasteiger partial charge in [-0.2, -0.15) is 0 Å². The van der Waals surface area contributed by atoms with Gasteiger partial charge in [0, 0.05) is 34.8 Å². The summed E-state index contributed by atoms with van der Waals surface area (Å²) in [6.07, 6.45) is 2.69. The Bertz CT molecular complexity index is 473. The summed E-state index contributed by atoms with van der Waals surface area (Å²) >= 11 is 3.75. The van der Waals surface area contributed by atoms with E-state index in [9.17, 15) is 0 Å². The lowest BCUT2D eigenvalue weighted by atomic mass is 10.1. The molecule has 3 heteroatoms. The minimum atomic E-state index is 0.149. The first-order valence-electron chi connectivity index (χ1n) is 8.06. The van der Waals surface area contributed by atoms with E-state index >= 15 is 0 Å². The SMILES string of the molecule is CC(C)CN(c1ccc(CNC(C)(C)C)c(Br)c1)C1CC1. The Hall–Kier alpha value is -0.540. The Labute approximate surface area is 138 Å². The van der Waals surface area contributed by atoms with Crippen LogP contribution in [-0.2, 0) is 6.54 Å². The molecule has 0 heterocycles. The summed E-state index contributed by atoms with van der Waals surface area (Å²) in [6, 6.07) is 7.59. The van der Waals surface area contributed by atoms with Crippen molar-refractivity contribution in [1.29, 1.82) is 0 Å². The number of rotatable bonds is 6. The first-order chi connectivity index (χ1) is 9.76. The second-order valence-corrected chi connectivity index (χ2v) is 8.51. The van der Waals surface area contributed by atoms with Crippen molar-refractivity contribution in [1.82, 2.24) is 5.32 Å². The van der Waals surface area contributed by atoms with Crippen LogP contribution >= 0.6 is 15.9 Å². The molecule has 0 aromatic heterocycles. The van der Waals surface area contributed by atoms with Crippen LogP contribution in [0.1, 0.15) is 53.0 Å². The van der Waals surface area contributed by atoms with Crippen molar-refractivity contribution in [3.8, 4) is 0 Å². The Kier molecular flexibility index (Phi) is 5.37. The van der Waals surface area contributed by atoms with Crippen molar-refractivity contribution in [2.75, 3.05) is 11.4 Å². The predicted molar refractivity (Wildman–Crippen MR) is 95.9 cm³/mol. The predicted octanol–water partition coefficient (Wildman–Crippen LogP) is 4.96. The number of hydrogen-bond donors (Lipinski definition) is 1. The quantitative estimate of drug-likeness (QED) is 0.777. The van der Waals surface area contributed by atoms with Gasteiger partial charge in [0.2, 0.25) is 0 Å². The summed E-state index contributed by atoms with van der Waals surface area (Å²) < 4.78 is 1.21. The highest BCUT2D eigenvalue weighted by molar-refractivity contribution is 9.10. The van der Waals surface area contributed by atoms with Crippen LogP contribution in [0.3, 0.4) is 0 Å². The van der Waals surface area contributed by atoms with Gasteiger partial charge in [0.05, 0.1) is 0 Å². The second kappa shape index (κ2) is 6.70. The van der Waals surface area contributed by atoms with E-state index in [0.29, 0.717) is 5.92 Å². The summed E-state index contributed by atoms with van der Waals surface area (Å²) in [5, 5.41) is 3.55. The average Bonchev–Trinajstić information content (AvgIpc) is 3.17. The van der Waals surface area contributed by atoms with E-state index in [1.165, 1.54) is 28.6 Å². The number of benzene rings is 1. The fourth-order valence-electron chi connectivity index (χ4n) is 2.46. The third-order valence-electron chi connectivity index (χ3n) is 3.73. The molecule has 0 bridgehead atoms. The Morgan fingerprint density at radius 1 is 1.29 bits per heavy atom. The molecular formula is C18H29BrN2. The van der Waals surface area contributed by atoms with Crippen LogP contribution in [0.25, 0.3) is 0 Å². The van der Waals surface area contributed by atoms with E-state index in [1.54, 1.807) is 0 Å². The summed E-state index contributed by atoms with van der Waals surface area (Å²) in [5.74, 6) is 0.701. The summed E-state index contributed by atoms with van der Waals surface area (Å²) in [5.41, 5.74) is 2.84. The lowest BCUT2D eigenvalue weighted by molar-refractivity contribution is 0.424. The Morgan fingerprint density at radius 2 is 1.95 bits per heavy atom. The zero-order valence-corrected chi connectivity index (χ0v) is 15.6. The first kappa shape index (κ1) is 16.8. The molecule has 0 saturated heterocycles. The van der Waals surface area contributed by atoms with Crippen LogP contribution in [0.2, 0.25) is 0 Å². The number of nitrogens with one attached hydrogen (secondary N) is 1. The van der Waals surface area contributed by atoms with E-state index in [0.717, 1.165) is 19.1 Å². The molecule has 118 valence electrons. The molecule has 0 aliphatic heterocycles. The molecule has 1 aromatic carbocycles. The fraction of sp³-hybridized carbons (Fsp3) is 0.667. The van der Waals surface area contributed by atoms with Crippen molar-refractivity contribution in [2.24, 2.45) is 5.92 Å². The fourth-order valence-corrected chi connectivity index (χ4v) is 2.97. The van der Waals surface area contributed by atoms with Gasteiger partial charge in [0.1, 0.15) is 0 Å². The van der Waals surface area contributed by atoms with Crippen LogP contribution in [0, 0.1) is 5.92 Å². The Morgan fingerprint density at radius 3 is 2.43 bits per heavy atom. The minimum Gasteiger partial charge on any atom is -0.368 e. The molecule has 1 aliphatic carbocycles. The zero-order chi connectivity index (χ0) is 15.6. The van der Waals surface area contributed by atoms with E-state index in [-0.39, 0.29) is 5.54 Å². The molecule has 21 heavy (non-hydrogen) atoms. The maximum atomic E-state index is 3.75. The van der Waals surface area contributed by atoms with Gasteiger partial charge in [-0.05, 0) is 57.2 Å². The number of hydrogen-bond acceptors (Lipinski definition) is 2. The monoisotopic (exact) mass is 352 g/mol. The van der Waals surface area contributed by atoms with Crippen LogP contribution in [0.4, 0.5) is 5.69 Å². The van der Waals surface area contributed by atoms with Crippen LogP contribution in [-0.4, -0.2) is 18.1 Å². The standard InChI is InChI=1S/C18H29BrN2/c1-13(2)12-21(15-8-9-15)16-7-6-14(17(19)10-16)11-20-18(3,4)5/h6-7,10,13,15,20H,8-9,11-12H2,1-5H3. The van der Waals surface area contributed by atoms with Crippen LogP contribution < -0.4 is 10.2 Å². The topological polar surface area (TPSA) is 15.3 Å². The molecule has 1 aliphatic rings. The van der Waals surface area contributed by atoms with Gasteiger partial charge in [-0.15, -0.1) is 0 Å². The maximum Gasteiger partial charge on any atom is 0.0380 e. The van der Waals surface area contributed by atoms with Gasteiger partial charge in [-0.1, -0.05) is 35.8 Å². The second-order valence-electron chi connectivity index (χ2n) is 7.66. The minimum absolute atomic E-state index is 0.149. The molecule has 2 nitrogen and oxygen atoms in total. The largest absolute Gasteiger partial charge is 0.368 e. The number of nitrogens with zero attached hydrogens (tertiary/aromatic N) is 1. The van der Waals surface area contributed by atoms with Gasteiger partial charge in [-0.25, -0.2) is 0 Å². The van der Waals surface area contributed by atoms with Crippen molar-refractivity contribution >= 4 is 21.6 Å².